The van der Waals surface area contributed by atoms with Crippen molar-refractivity contribution in [1.29, 1.82) is 0 Å². The standard InChI is InChI=1S/C12H8F2O3S/c13-12(14,11(15)16)18(17)10-6-5-8-3-1-2-4-9(8)7-10/h1-7H,(H,15,16). The van der Waals surface area contributed by atoms with E-state index in [1.807, 2.05) is 0 Å². The Hall–Kier alpha value is -1.82. The van der Waals surface area contributed by atoms with Gasteiger partial charge in [0.05, 0.1) is 0 Å². The summed E-state index contributed by atoms with van der Waals surface area (Å²) in [5.41, 5.74) is 0. The molecule has 0 aliphatic heterocycles. The Morgan fingerprint density at radius 2 is 1.72 bits per heavy atom. The van der Waals surface area contributed by atoms with Crippen LogP contribution >= 0.6 is 0 Å². The predicted octanol–water partition coefficient (Wildman–Crippen LogP) is 2.62. The summed E-state index contributed by atoms with van der Waals surface area (Å²) in [6.07, 6.45) is 0. The monoisotopic (exact) mass is 270 g/mol. The number of benzene rings is 2. The summed E-state index contributed by atoms with van der Waals surface area (Å²) >= 11 is 0. The van der Waals surface area contributed by atoms with Gasteiger partial charge in [0.25, 0.3) is 0 Å². The van der Waals surface area contributed by atoms with E-state index >= 15 is 0 Å². The van der Waals surface area contributed by atoms with Gasteiger partial charge in [-0.05, 0) is 22.9 Å². The highest BCUT2D eigenvalue weighted by Crippen LogP contribution is 2.27. The fourth-order valence-electron chi connectivity index (χ4n) is 1.51. The molecule has 2 rings (SSSR count). The third kappa shape index (κ3) is 2.11. The maximum Gasteiger partial charge on any atom is 0.419 e. The molecule has 0 aromatic heterocycles. The molecule has 0 amide bonds. The summed E-state index contributed by atoms with van der Waals surface area (Å²) in [5, 5.41) is 5.49. The van der Waals surface area contributed by atoms with E-state index in [1.165, 1.54) is 18.2 Å². The molecule has 3 nitrogen and oxygen atoms in total. The maximum atomic E-state index is 13.1. The molecular weight excluding hydrogens is 262 g/mol. The average Bonchev–Trinajstić information content (AvgIpc) is 2.37. The average molecular weight is 270 g/mol. The van der Waals surface area contributed by atoms with Gasteiger partial charge in [-0.1, -0.05) is 30.3 Å². The summed E-state index contributed by atoms with van der Waals surface area (Å²) in [6, 6.07) is 11.0. The zero-order chi connectivity index (χ0) is 13.3. The number of hydrogen-bond acceptors (Lipinski definition) is 2. The van der Waals surface area contributed by atoms with E-state index in [0.29, 0.717) is 5.39 Å². The zero-order valence-corrected chi connectivity index (χ0v) is 9.79. The minimum absolute atomic E-state index is 0.207. The lowest BCUT2D eigenvalue weighted by Crippen LogP contribution is -2.33. The van der Waals surface area contributed by atoms with Gasteiger partial charge < -0.3 is 5.11 Å². The molecule has 0 saturated carbocycles. The van der Waals surface area contributed by atoms with E-state index in [0.717, 1.165) is 5.39 Å². The number of fused-ring (bicyclic) bond motifs is 1. The van der Waals surface area contributed by atoms with Crippen LogP contribution < -0.4 is 0 Å². The van der Waals surface area contributed by atoms with Crippen LogP contribution in [0.15, 0.2) is 47.4 Å². The van der Waals surface area contributed by atoms with Gasteiger partial charge in [-0.25, -0.2) is 9.00 Å². The molecule has 0 bridgehead atoms. The van der Waals surface area contributed by atoms with Crippen molar-refractivity contribution in [3.63, 3.8) is 0 Å². The van der Waals surface area contributed by atoms with E-state index in [-0.39, 0.29) is 4.90 Å². The third-order valence-corrected chi connectivity index (χ3v) is 3.74. The van der Waals surface area contributed by atoms with Crippen LogP contribution in [0.5, 0.6) is 0 Å². The van der Waals surface area contributed by atoms with Crippen LogP contribution in [0.25, 0.3) is 10.8 Å². The molecule has 2 aromatic carbocycles. The number of aliphatic carboxylic acids is 1. The van der Waals surface area contributed by atoms with Crippen molar-refractivity contribution >= 4 is 27.5 Å². The Morgan fingerprint density at radius 1 is 1.11 bits per heavy atom. The van der Waals surface area contributed by atoms with Gasteiger partial charge in [0.1, 0.15) is 10.8 Å². The normalized spacial score (nSPS) is 13.4. The zero-order valence-electron chi connectivity index (χ0n) is 8.97. The molecule has 18 heavy (non-hydrogen) atoms. The lowest BCUT2D eigenvalue weighted by Gasteiger charge is -2.11. The lowest BCUT2D eigenvalue weighted by atomic mass is 10.1. The second-order valence-corrected chi connectivity index (χ2v) is 5.12. The van der Waals surface area contributed by atoms with Crippen molar-refractivity contribution in [2.45, 2.75) is 10.2 Å². The van der Waals surface area contributed by atoms with Crippen LogP contribution in [0.1, 0.15) is 0 Å². The molecule has 1 atom stereocenters. The van der Waals surface area contributed by atoms with Gasteiger partial charge in [-0.3, -0.25) is 0 Å². The minimum Gasteiger partial charge on any atom is -0.476 e. The first kappa shape index (κ1) is 12.6. The van der Waals surface area contributed by atoms with Crippen LogP contribution in [-0.4, -0.2) is 20.5 Å². The largest absolute Gasteiger partial charge is 0.476 e. The van der Waals surface area contributed by atoms with Crippen LogP contribution in [0.2, 0.25) is 0 Å². The van der Waals surface area contributed by atoms with Gasteiger partial charge in [0.2, 0.25) is 0 Å². The van der Waals surface area contributed by atoms with Gasteiger partial charge in [-0.15, -0.1) is 0 Å². The van der Waals surface area contributed by atoms with Gasteiger partial charge >= 0.3 is 11.2 Å². The second kappa shape index (κ2) is 4.45. The van der Waals surface area contributed by atoms with Gasteiger partial charge in [0.15, 0.2) is 0 Å². The van der Waals surface area contributed by atoms with E-state index in [4.69, 9.17) is 5.11 Å². The fraction of sp³-hybridized carbons (Fsp3) is 0.0833. The quantitative estimate of drug-likeness (QED) is 0.932. The van der Waals surface area contributed by atoms with Crippen LogP contribution in [0.4, 0.5) is 8.78 Å². The minimum atomic E-state index is -4.29. The molecule has 0 aliphatic rings. The van der Waals surface area contributed by atoms with Crippen molar-refractivity contribution in [1.82, 2.24) is 0 Å². The topological polar surface area (TPSA) is 54.4 Å². The number of halogens is 2. The van der Waals surface area contributed by atoms with Crippen molar-refractivity contribution in [2.75, 3.05) is 0 Å². The molecule has 6 heteroatoms. The molecule has 0 spiro atoms. The molecule has 0 radical (unpaired) electrons. The summed E-state index contributed by atoms with van der Waals surface area (Å²) < 4.78 is 37.8. The van der Waals surface area contributed by atoms with Crippen molar-refractivity contribution < 1.29 is 22.9 Å². The van der Waals surface area contributed by atoms with Crippen molar-refractivity contribution in [2.24, 2.45) is 0 Å². The Labute approximate surface area is 104 Å². The Morgan fingerprint density at radius 3 is 2.33 bits per heavy atom. The summed E-state index contributed by atoms with van der Waals surface area (Å²) in [4.78, 5) is 10.1. The van der Waals surface area contributed by atoms with Gasteiger partial charge in [-0.2, -0.15) is 8.78 Å². The van der Waals surface area contributed by atoms with Crippen LogP contribution in [0, 0.1) is 0 Å². The number of rotatable bonds is 3. The molecule has 2 aromatic rings. The first-order chi connectivity index (χ1) is 8.43. The number of carbonyl (C=O) groups is 1. The third-order valence-electron chi connectivity index (χ3n) is 2.42. The van der Waals surface area contributed by atoms with E-state index < -0.39 is 22.0 Å². The van der Waals surface area contributed by atoms with Crippen molar-refractivity contribution in [3.05, 3.63) is 42.5 Å². The molecule has 0 saturated heterocycles. The second-order valence-electron chi connectivity index (χ2n) is 3.60. The number of alkyl halides is 2. The smallest absolute Gasteiger partial charge is 0.419 e. The number of hydrogen-bond donors (Lipinski definition) is 1. The number of carboxylic acid groups (broad SMARTS) is 1. The SMILES string of the molecule is O=C(O)C(F)(F)S(=O)c1ccc2ccccc2c1. The highest BCUT2D eigenvalue weighted by Gasteiger charge is 2.46. The summed E-state index contributed by atoms with van der Waals surface area (Å²) in [6.45, 7) is 0. The first-order valence-corrected chi connectivity index (χ1v) is 6.10. The molecular formula is C12H8F2O3S. The summed E-state index contributed by atoms with van der Waals surface area (Å²) in [5.74, 6) is -2.39. The molecule has 0 fully saturated rings. The number of carboxylic acids is 1. The Balaban J connectivity index is 2.49. The van der Waals surface area contributed by atoms with Crippen LogP contribution in [-0.2, 0) is 15.6 Å². The predicted molar refractivity (Wildman–Crippen MR) is 62.9 cm³/mol. The van der Waals surface area contributed by atoms with E-state index in [9.17, 15) is 17.8 Å². The first-order valence-electron chi connectivity index (χ1n) is 4.95. The maximum absolute atomic E-state index is 13.1. The van der Waals surface area contributed by atoms with Crippen LogP contribution in [0.3, 0.4) is 0 Å². The summed E-state index contributed by atoms with van der Waals surface area (Å²) in [7, 11) is -2.91. The molecule has 0 heterocycles. The fourth-order valence-corrected chi connectivity index (χ4v) is 2.39. The van der Waals surface area contributed by atoms with E-state index in [2.05, 4.69) is 0 Å². The Bertz CT molecular complexity index is 640. The highest BCUT2D eigenvalue weighted by molar-refractivity contribution is 7.87. The lowest BCUT2D eigenvalue weighted by molar-refractivity contribution is -0.153. The van der Waals surface area contributed by atoms with Crippen molar-refractivity contribution in [3.8, 4) is 0 Å². The molecule has 94 valence electrons. The Kier molecular flexibility index (Phi) is 3.13. The molecule has 1 N–H and O–H groups in total. The molecule has 1 unspecified atom stereocenters. The highest BCUT2D eigenvalue weighted by atomic mass is 32.2. The van der Waals surface area contributed by atoms with Gasteiger partial charge in [0, 0.05) is 4.90 Å². The van der Waals surface area contributed by atoms with E-state index in [1.54, 1.807) is 24.3 Å². The molecule has 0 aliphatic carbocycles.